The third-order valence-corrected chi connectivity index (χ3v) is 4.24. The van der Waals surface area contributed by atoms with Crippen LogP contribution in [0.2, 0.25) is 0 Å². The Balaban J connectivity index is 2.19. The van der Waals surface area contributed by atoms with E-state index in [4.69, 9.17) is 5.11 Å². The molecule has 2 rings (SSSR count). The van der Waals surface area contributed by atoms with Crippen molar-refractivity contribution < 1.29 is 9.90 Å². The fraction of sp³-hybridized carbons (Fsp3) is 0.462. The molecule has 1 aromatic rings. The Bertz CT molecular complexity index is 433. The molecule has 92 valence electrons. The van der Waals surface area contributed by atoms with Gasteiger partial charge in [-0.25, -0.2) is 0 Å². The van der Waals surface area contributed by atoms with Gasteiger partial charge in [0.25, 0.3) is 0 Å². The lowest BCUT2D eigenvalue weighted by molar-refractivity contribution is -0.139. The van der Waals surface area contributed by atoms with Gasteiger partial charge in [0, 0.05) is 0 Å². The van der Waals surface area contributed by atoms with Gasteiger partial charge in [0.15, 0.2) is 0 Å². The summed E-state index contributed by atoms with van der Waals surface area (Å²) in [6.45, 7) is 4.15. The molecular weight excluding hydrogens is 234 g/mol. The number of rotatable bonds is 2. The third kappa shape index (κ3) is 2.82. The van der Waals surface area contributed by atoms with E-state index in [1.165, 1.54) is 16.7 Å². The number of carboxylic acid groups (broad SMARTS) is 1. The summed E-state index contributed by atoms with van der Waals surface area (Å²) < 4.78 is 0. The maximum absolute atomic E-state index is 11.0. The number of carbonyl (C=O) groups is 1. The highest BCUT2D eigenvalue weighted by Gasteiger charge is 2.27. The molecule has 0 saturated carbocycles. The Morgan fingerprint density at radius 3 is 2.88 bits per heavy atom. The highest BCUT2D eigenvalue weighted by Crippen LogP contribution is 2.33. The number of thioether (sulfide) groups is 1. The summed E-state index contributed by atoms with van der Waals surface area (Å²) in [5.74, 6) is 0.141. The van der Waals surface area contributed by atoms with Crippen LogP contribution in [0.25, 0.3) is 0 Å². The first-order valence-corrected chi connectivity index (χ1v) is 6.80. The average molecular weight is 251 g/mol. The Morgan fingerprint density at radius 1 is 1.47 bits per heavy atom. The van der Waals surface area contributed by atoms with Gasteiger partial charge in [0.05, 0.1) is 5.37 Å². The Labute approximate surface area is 106 Å². The Hall–Kier alpha value is -1.00. The zero-order chi connectivity index (χ0) is 12.4. The monoisotopic (exact) mass is 251 g/mol. The van der Waals surface area contributed by atoms with Gasteiger partial charge in [0.2, 0.25) is 0 Å². The molecule has 3 nitrogen and oxygen atoms in total. The summed E-state index contributed by atoms with van der Waals surface area (Å²) in [6, 6.07) is 5.90. The number of aryl methyl sites for hydroxylation is 2. The molecule has 1 heterocycles. The molecule has 1 aliphatic heterocycles. The molecule has 1 aliphatic rings. The molecule has 0 radical (unpaired) electrons. The van der Waals surface area contributed by atoms with Crippen molar-refractivity contribution in [2.45, 2.75) is 31.7 Å². The molecule has 2 atom stereocenters. The standard InChI is InChI=1S/C13H17NO2S/c1-8-3-4-10(9(2)7-8)12-14-11(13(15)16)5-6-17-12/h3-4,7,11-12,14H,5-6H2,1-2H3,(H,15,16). The van der Waals surface area contributed by atoms with E-state index in [1.54, 1.807) is 11.8 Å². The van der Waals surface area contributed by atoms with Crippen LogP contribution in [0.5, 0.6) is 0 Å². The lowest BCUT2D eigenvalue weighted by Gasteiger charge is -2.29. The van der Waals surface area contributed by atoms with Crippen molar-refractivity contribution in [2.24, 2.45) is 0 Å². The van der Waals surface area contributed by atoms with Crippen LogP contribution in [0.3, 0.4) is 0 Å². The second kappa shape index (κ2) is 5.10. The van der Waals surface area contributed by atoms with Crippen molar-refractivity contribution in [3.05, 3.63) is 34.9 Å². The predicted molar refractivity (Wildman–Crippen MR) is 70.3 cm³/mol. The van der Waals surface area contributed by atoms with Gasteiger partial charge in [-0.1, -0.05) is 23.8 Å². The molecule has 1 saturated heterocycles. The first kappa shape index (κ1) is 12.5. The SMILES string of the molecule is Cc1ccc(C2NC(C(=O)O)CCS2)c(C)c1. The minimum Gasteiger partial charge on any atom is -0.480 e. The van der Waals surface area contributed by atoms with E-state index in [0.29, 0.717) is 6.42 Å². The first-order chi connectivity index (χ1) is 8.08. The zero-order valence-electron chi connectivity index (χ0n) is 10.1. The lowest BCUT2D eigenvalue weighted by atomic mass is 10.0. The number of hydrogen-bond acceptors (Lipinski definition) is 3. The molecule has 4 heteroatoms. The van der Waals surface area contributed by atoms with Crippen LogP contribution >= 0.6 is 11.8 Å². The molecule has 2 unspecified atom stereocenters. The van der Waals surface area contributed by atoms with Crippen molar-refractivity contribution in [3.63, 3.8) is 0 Å². The minimum absolute atomic E-state index is 0.102. The zero-order valence-corrected chi connectivity index (χ0v) is 10.9. The second-order valence-electron chi connectivity index (χ2n) is 4.46. The molecule has 0 spiro atoms. The molecule has 0 bridgehead atoms. The average Bonchev–Trinajstić information content (AvgIpc) is 2.29. The maximum atomic E-state index is 11.0. The van der Waals surface area contributed by atoms with E-state index in [0.717, 1.165) is 5.75 Å². The van der Waals surface area contributed by atoms with Crippen LogP contribution in [0.4, 0.5) is 0 Å². The number of nitrogens with one attached hydrogen (secondary N) is 1. The summed E-state index contributed by atoms with van der Waals surface area (Å²) in [5.41, 5.74) is 3.66. The third-order valence-electron chi connectivity index (χ3n) is 3.05. The predicted octanol–water partition coefficient (Wildman–Crippen LogP) is 2.48. The van der Waals surface area contributed by atoms with Crippen LogP contribution in [-0.2, 0) is 4.79 Å². The van der Waals surface area contributed by atoms with Crippen LogP contribution in [0.15, 0.2) is 18.2 Å². The fourth-order valence-corrected chi connectivity index (χ4v) is 3.42. The molecular formula is C13H17NO2S. The first-order valence-electron chi connectivity index (χ1n) is 5.75. The Morgan fingerprint density at radius 2 is 2.24 bits per heavy atom. The molecule has 1 fully saturated rings. The minimum atomic E-state index is -0.750. The van der Waals surface area contributed by atoms with Crippen molar-refractivity contribution >= 4 is 17.7 Å². The number of hydrogen-bond donors (Lipinski definition) is 2. The fourth-order valence-electron chi connectivity index (χ4n) is 2.11. The summed E-state index contributed by atoms with van der Waals surface area (Å²) in [5, 5.41) is 12.3. The van der Waals surface area contributed by atoms with Gasteiger partial charge in [0.1, 0.15) is 6.04 Å². The normalized spacial score (nSPS) is 24.6. The molecule has 1 aromatic carbocycles. The summed E-state index contributed by atoms with van der Waals surface area (Å²) >= 11 is 1.78. The maximum Gasteiger partial charge on any atom is 0.320 e. The topological polar surface area (TPSA) is 49.3 Å². The molecule has 0 aromatic heterocycles. The van der Waals surface area contributed by atoms with Gasteiger partial charge >= 0.3 is 5.97 Å². The smallest absolute Gasteiger partial charge is 0.320 e. The van der Waals surface area contributed by atoms with Crippen molar-refractivity contribution in [1.82, 2.24) is 5.32 Å². The molecule has 2 N–H and O–H groups in total. The molecule has 0 amide bonds. The summed E-state index contributed by atoms with van der Waals surface area (Å²) in [7, 11) is 0. The largest absolute Gasteiger partial charge is 0.480 e. The van der Waals surface area contributed by atoms with E-state index in [9.17, 15) is 4.79 Å². The van der Waals surface area contributed by atoms with E-state index in [2.05, 4.69) is 37.4 Å². The van der Waals surface area contributed by atoms with Gasteiger partial charge in [-0.15, -0.1) is 11.8 Å². The van der Waals surface area contributed by atoms with E-state index in [-0.39, 0.29) is 5.37 Å². The van der Waals surface area contributed by atoms with Gasteiger partial charge in [-0.05, 0) is 37.1 Å². The Kier molecular flexibility index (Phi) is 3.74. The van der Waals surface area contributed by atoms with E-state index in [1.807, 2.05) is 0 Å². The van der Waals surface area contributed by atoms with Crippen LogP contribution in [0.1, 0.15) is 28.5 Å². The van der Waals surface area contributed by atoms with Crippen molar-refractivity contribution in [3.8, 4) is 0 Å². The van der Waals surface area contributed by atoms with Crippen LogP contribution < -0.4 is 5.32 Å². The number of carboxylic acids is 1. The number of benzene rings is 1. The van der Waals surface area contributed by atoms with E-state index < -0.39 is 12.0 Å². The number of aliphatic carboxylic acids is 1. The summed E-state index contributed by atoms with van der Waals surface area (Å²) in [4.78, 5) is 11.0. The second-order valence-corrected chi connectivity index (χ2v) is 5.67. The highest BCUT2D eigenvalue weighted by molar-refractivity contribution is 7.99. The van der Waals surface area contributed by atoms with Crippen LogP contribution in [-0.4, -0.2) is 22.9 Å². The molecule has 0 aliphatic carbocycles. The van der Waals surface area contributed by atoms with Gasteiger partial charge in [-0.3, -0.25) is 10.1 Å². The quantitative estimate of drug-likeness (QED) is 0.848. The summed E-state index contributed by atoms with van der Waals surface area (Å²) in [6.07, 6.45) is 0.696. The highest BCUT2D eigenvalue weighted by atomic mass is 32.2. The molecule has 17 heavy (non-hydrogen) atoms. The van der Waals surface area contributed by atoms with Crippen LogP contribution in [0, 0.1) is 13.8 Å². The van der Waals surface area contributed by atoms with Crippen molar-refractivity contribution in [1.29, 1.82) is 0 Å². The van der Waals surface area contributed by atoms with E-state index >= 15 is 0 Å². The van der Waals surface area contributed by atoms with Gasteiger partial charge < -0.3 is 5.11 Å². The lowest BCUT2D eigenvalue weighted by Crippen LogP contribution is -2.41. The van der Waals surface area contributed by atoms with Crippen molar-refractivity contribution in [2.75, 3.05) is 5.75 Å². The van der Waals surface area contributed by atoms with Gasteiger partial charge in [-0.2, -0.15) is 0 Å².